The molecule has 4 heteroatoms. The molecule has 2 nitrogen and oxygen atoms in total. The minimum Gasteiger partial charge on any atom is -0.384 e. The summed E-state index contributed by atoms with van der Waals surface area (Å²) in [6.45, 7) is 4.18. The zero-order valence-electron chi connectivity index (χ0n) is 10.8. The molecule has 2 aromatic carbocycles. The Bertz CT molecular complexity index is 638. The molecule has 0 fully saturated rings. The quantitative estimate of drug-likeness (QED) is 0.641. The lowest BCUT2D eigenvalue weighted by Gasteiger charge is -2.11. The van der Waals surface area contributed by atoms with Crippen molar-refractivity contribution in [3.8, 4) is 0 Å². The summed E-state index contributed by atoms with van der Waals surface area (Å²) in [6.07, 6.45) is 0. The number of hydrogen-bond donors (Lipinski definition) is 2. The van der Waals surface area contributed by atoms with Crippen molar-refractivity contribution >= 4 is 33.5 Å². The highest BCUT2D eigenvalue weighted by Gasteiger charge is 2.11. The Morgan fingerprint density at radius 2 is 1.89 bits per heavy atom. The van der Waals surface area contributed by atoms with Crippen molar-refractivity contribution in [2.45, 2.75) is 23.6 Å². The molecule has 0 spiro atoms. The van der Waals surface area contributed by atoms with E-state index in [9.17, 15) is 0 Å². The lowest BCUT2D eigenvalue weighted by atomic mass is 10.2. The molecule has 0 atom stereocenters. The number of halogens is 1. The van der Waals surface area contributed by atoms with Crippen molar-refractivity contribution in [1.29, 1.82) is 5.41 Å². The molecule has 0 amide bonds. The van der Waals surface area contributed by atoms with E-state index in [1.54, 1.807) is 11.8 Å². The van der Waals surface area contributed by atoms with Gasteiger partial charge in [-0.25, -0.2) is 0 Å². The number of nitrogens with two attached hydrogens (primary N) is 1. The predicted octanol–water partition coefficient (Wildman–Crippen LogP) is 4.50. The first-order chi connectivity index (χ1) is 8.99. The first-order valence-corrected chi connectivity index (χ1v) is 7.48. The average Bonchev–Trinajstić information content (AvgIpc) is 2.32. The number of rotatable bonds is 3. The molecule has 0 bridgehead atoms. The van der Waals surface area contributed by atoms with E-state index in [0.29, 0.717) is 0 Å². The number of nitrogens with one attached hydrogen (secondary N) is 1. The Balaban J connectivity index is 2.44. The van der Waals surface area contributed by atoms with E-state index in [1.807, 2.05) is 18.2 Å². The van der Waals surface area contributed by atoms with Crippen LogP contribution in [0.25, 0.3) is 0 Å². The number of aryl methyl sites for hydroxylation is 2. The van der Waals surface area contributed by atoms with Gasteiger partial charge in [-0.2, -0.15) is 0 Å². The van der Waals surface area contributed by atoms with Crippen molar-refractivity contribution < 1.29 is 0 Å². The first-order valence-electron chi connectivity index (χ1n) is 5.87. The van der Waals surface area contributed by atoms with Crippen LogP contribution in [0, 0.1) is 19.3 Å². The van der Waals surface area contributed by atoms with Gasteiger partial charge in [0.05, 0.1) is 0 Å². The zero-order valence-corrected chi connectivity index (χ0v) is 13.2. The minimum absolute atomic E-state index is 0.0831. The summed E-state index contributed by atoms with van der Waals surface area (Å²) in [7, 11) is 0. The second kappa shape index (κ2) is 5.80. The molecule has 2 aromatic rings. The summed E-state index contributed by atoms with van der Waals surface area (Å²) >= 11 is 5.10. The fraction of sp³-hybridized carbons (Fsp3) is 0.133. The van der Waals surface area contributed by atoms with Crippen molar-refractivity contribution in [2.75, 3.05) is 0 Å². The summed E-state index contributed by atoms with van der Waals surface area (Å²) < 4.78 is 0.856. The third kappa shape index (κ3) is 3.19. The molecule has 98 valence electrons. The smallest absolute Gasteiger partial charge is 0.125 e. The van der Waals surface area contributed by atoms with Crippen LogP contribution in [0.2, 0.25) is 0 Å². The van der Waals surface area contributed by atoms with Crippen LogP contribution in [0.15, 0.2) is 50.7 Å². The Labute approximate surface area is 126 Å². The second-order valence-electron chi connectivity index (χ2n) is 4.40. The summed E-state index contributed by atoms with van der Waals surface area (Å²) in [5, 5.41) is 7.71. The van der Waals surface area contributed by atoms with Gasteiger partial charge >= 0.3 is 0 Å². The standard InChI is InChI=1S/C15H15BrN2S/c1-9-6-7-12(10(2)8-9)19-13-5-3-4-11(16)14(13)15(17)18/h3-8H,1-2H3,(H3,17,18). The number of benzene rings is 2. The van der Waals surface area contributed by atoms with Crippen molar-refractivity contribution in [2.24, 2.45) is 5.73 Å². The maximum Gasteiger partial charge on any atom is 0.125 e. The fourth-order valence-electron chi connectivity index (χ4n) is 1.88. The molecule has 19 heavy (non-hydrogen) atoms. The highest BCUT2D eigenvalue weighted by atomic mass is 79.9. The molecule has 0 saturated heterocycles. The number of nitrogen functional groups attached to an aromatic ring is 1. The van der Waals surface area contributed by atoms with Crippen LogP contribution in [-0.4, -0.2) is 5.84 Å². The van der Waals surface area contributed by atoms with Gasteiger partial charge in [0, 0.05) is 19.8 Å². The fourth-order valence-corrected chi connectivity index (χ4v) is 3.66. The van der Waals surface area contributed by atoms with Gasteiger partial charge in [-0.05, 0) is 53.5 Å². The van der Waals surface area contributed by atoms with Crippen LogP contribution in [0.5, 0.6) is 0 Å². The van der Waals surface area contributed by atoms with Gasteiger partial charge in [-0.15, -0.1) is 0 Å². The van der Waals surface area contributed by atoms with Crippen molar-refractivity contribution in [3.05, 3.63) is 57.6 Å². The third-order valence-electron chi connectivity index (χ3n) is 2.80. The molecular weight excluding hydrogens is 320 g/mol. The molecule has 0 heterocycles. The van der Waals surface area contributed by atoms with E-state index in [4.69, 9.17) is 11.1 Å². The molecule has 2 rings (SSSR count). The van der Waals surface area contributed by atoms with Crippen molar-refractivity contribution in [3.63, 3.8) is 0 Å². The monoisotopic (exact) mass is 334 g/mol. The molecule has 0 aliphatic heterocycles. The summed E-state index contributed by atoms with van der Waals surface area (Å²) in [5.74, 6) is 0.0831. The van der Waals surface area contributed by atoms with Crippen LogP contribution >= 0.6 is 27.7 Å². The van der Waals surface area contributed by atoms with E-state index >= 15 is 0 Å². The van der Waals surface area contributed by atoms with Crippen LogP contribution in [0.3, 0.4) is 0 Å². The van der Waals surface area contributed by atoms with Gasteiger partial charge < -0.3 is 5.73 Å². The largest absolute Gasteiger partial charge is 0.384 e. The Hall–Kier alpha value is -1.26. The molecule has 0 radical (unpaired) electrons. The van der Waals surface area contributed by atoms with E-state index in [-0.39, 0.29) is 5.84 Å². The molecule has 0 aromatic heterocycles. The average molecular weight is 335 g/mol. The highest BCUT2D eigenvalue weighted by molar-refractivity contribution is 9.10. The maximum atomic E-state index is 7.71. The Kier molecular flexibility index (Phi) is 4.32. The third-order valence-corrected chi connectivity index (χ3v) is 4.69. The molecule has 0 saturated carbocycles. The van der Waals surface area contributed by atoms with E-state index in [1.165, 1.54) is 16.0 Å². The lowest BCUT2D eigenvalue weighted by molar-refractivity contribution is 1.25. The second-order valence-corrected chi connectivity index (χ2v) is 6.34. The number of hydrogen-bond acceptors (Lipinski definition) is 2. The maximum absolute atomic E-state index is 7.71. The van der Waals surface area contributed by atoms with Gasteiger partial charge in [-0.1, -0.05) is 35.5 Å². The van der Waals surface area contributed by atoms with E-state index in [0.717, 1.165) is 14.9 Å². The van der Waals surface area contributed by atoms with Gasteiger partial charge in [0.1, 0.15) is 5.84 Å². The number of amidine groups is 1. The first kappa shape index (κ1) is 14.2. The molecule has 3 N–H and O–H groups in total. The Morgan fingerprint density at radius 3 is 2.53 bits per heavy atom. The van der Waals surface area contributed by atoms with Crippen LogP contribution in [0.4, 0.5) is 0 Å². The highest BCUT2D eigenvalue weighted by Crippen LogP contribution is 2.35. The van der Waals surface area contributed by atoms with Gasteiger partial charge in [0.25, 0.3) is 0 Å². The zero-order chi connectivity index (χ0) is 14.0. The van der Waals surface area contributed by atoms with Crippen LogP contribution in [-0.2, 0) is 0 Å². The normalized spacial score (nSPS) is 10.5. The Morgan fingerprint density at radius 1 is 1.16 bits per heavy atom. The molecule has 0 aliphatic rings. The predicted molar refractivity (Wildman–Crippen MR) is 85.2 cm³/mol. The van der Waals surface area contributed by atoms with E-state index < -0.39 is 0 Å². The summed E-state index contributed by atoms with van der Waals surface area (Å²) in [5.41, 5.74) is 8.92. The van der Waals surface area contributed by atoms with Crippen molar-refractivity contribution in [1.82, 2.24) is 0 Å². The molecule has 0 unspecified atom stereocenters. The van der Waals surface area contributed by atoms with Gasteiger partial charge in [0.15, 0.2) is 0 Å². The summed E-state index contributed by atoms with van der Waals surface area (Å²) in [6, 6.07) is 12.2. The SMILES string of the molecule is Cc1ccc(Sc2cccc(Br)c2C(=N)N)c(C)c1. The van der Waals surface area contributed by atoms with Crippen LogP contribution in [0.1, 0.15) is 16.7 Å². The summed E-state index contributed by atoms with van der Waals surface area (Å²) in [4.78, 5) is 2.18. The van der Waals surface area contributed by atoms with E-state index in [2.05, 4.69) is 48.0 Å². The topological polar surface area (TPSA) is 49.9 Å². The molecular formula is C15H15BrN2S. The van der Waals surface area contributed by atoms with Gasteiger partial charge in [-0.3, -0.25) is 5.41 Å². The van der Waals surface area contributed by atoms with Gasteiger partial charge in [0.2, 0.25) is 0 Å². The lowest BCUT2D eigenvalue weighted by Crippen LogP contribution is -2.13. The van der Waals surface area contributed by atoms with Crippen LogP contribution < -0.4 is 5.73 Å². The minimum atomic E-state index is 0.0831. The molecule has 0 aliphatic carbocycles.